The first kappa shape index (κ1) is 29.6. The molecule has 3 aliphatic rings. The highest BCUT2D eigenvalue weighted by Gasteiger charge is 2.48. The number of rotatable bonds is 9. The molecule has 0 bridgehead atoms. The smallest absolute Gasteiger partial charge is 0.478 e. The Hall–Kier alpha value is -0.920. The van der Waals surface area contributed by atoms with Crippen LogP contribution in [0.1, 0.15) is 0 Å². The van der Waals surface area contributed by atoms with Gasteiger partial charge >= 0.3 is 7.82 Å². The van der Waals surface area contributed by atoms with Crippen LogP contribution in [0, 0.1) is 0 Å². The number of hydrogen-bond acceptors (Lipinski definition) is 16. The minimum Gasteiger partial charge on any atom is -0.756 e. The molecular weight excluding hydrogens is 554 g/mol. The van der Waals surface area contributed by atoms with Crippen molar-refractivity contribution in [2.75, 3.05) is 13.2 Å². The fourth-order valence-corrected chi connectivity index (χ4v) is 5.90. The largest absolute Gasteiger partial charge is 0.756 e. The highest BCUT2D eigenvalue weighted by Crippen LogP contribution is 2.59. The highest BCUT2D eigenvalue weighted by atomic mass is 32.1. The second kappa shape index (κ2) is 11.4. The zero-order chi connectivity index (χ0) is 27.0. The van der Waals surface area contributed by atoms with Crippen molar-refractivity contribution in [3.05, 3.63) is 24.7 Å². The summed E-state index contributed by atoms with van der Waals surface area (Å²) in [6.45, 7) is 1.89. The summed E-state index contributed by atoms with van der Waals surface area (Å²) in [6.07, 6.45) is -10.8. The van der Waals surface area contributed by atoms with Crippen molar-refractivity contribution in [2.24, 2.45) is 0 Å². The first-order valence-corrected chi connectivity index (χ1v) is 13.6. The lowest BCUT2D eigenvalue weighted by Gasteiger charge is -2.41. The SMILES string of the molecule is C=C1NC(=O)C=CN1[C@@H]1O[C@H](COP(=O)(O)OP(=O)([O-])O[C@@H]2OC(CO)[C@H](S)[C@H](O)C2O)C(O)[C@@H]1O. The van der Waals surface area contributed by atoms with E-state index in [-0.39, 0.29) is 5.82 Å². The number of amides is 1. The molecule has 0 aromatic carbocycles. The molecule has 2 fully saturated rings. The minimum absolute atomic E-state index is 0.00540. The van der Waals surface area contributed by atoms with Gasteiger partial charge in [0.15, 0.2) is 12.5 Å². The molecule has 7 N–H and O–H groups in total. The van der Waals surface area contributed by atoms with Crippen molar-refractivity contribution in [1.82, 2.24) is 10.2 Å². The van der Waals surface area contributed by atoms with E-state index in [2.05, 4.69) is 37.9 Å². The minimum atomic E-state index is -5.75. The van der Waals surface area contributed by atoms with E-state index in [1.54, 1.807) is 0 Å². The number of hydrogen-bond donors (Lipinski definition) is 8. The molecule has 0 spiro atoms. The van der Waals surface area contributed by atoms with Crippen LogP contribution in [-0.2, 0) is 36.8 Å². The maximum absolute atomic E-state index is 12.2. The number of nitrogens with zero attached hydrogens (tertiary/aromatic N) is 1. The summed E-state index contributed by atoms with van der Waals surface area (Å²) in [7, 11) is -11.2. The van der Waals surface area contributed by atoms with Gasteiger partial charge in [-0.15, -0.1) is 0 Å². The molecule has 0 aromatic heterocycles. The van der Waals surface area contributed by atoms with Gasteiger partial charge in [-0.1, -0.05) is 6.58 Å². The monoisotopic (exact) mass is 579 g/mol. The van der Waals surface area contributed by atoms with Crippen LogP contribution in [0.4, 0.5) is 0 Å². The Balaban J connectivity index is 1.58. The fourth-order valence-electron chi connectivity index (χ4n) is 3.44. The molecule has 0 aromatic rings. The molecule has 0 aliphatic carbocycles. The van der Waals surface area contributed by atoms with Crippen LogP contribution in [0.5, 0.6) is 0 Å². The second-order valence-corrected chi connectivity index (χ2v) is 11.4. The normalized spacial score (nSPS) is 40.6. The lowest BCUT2D eigenvalue weighted by Crippen LogP contribution is -2.57. The van der Waals surface area contributed by atoms with Gasteiger partial charge in [0.25, 0.3) is 13.7 Å². The first-order valence-electron chi connectivity index (χ1n) is 10.1. The van der Waals surface area contributed by atoms with Crippen molar-refractivity contribution in [3.63, 3.8) is 0 Å². The zero-order valence-corrected chi connectivity index (χ0v) is 20.8. The number of ether oxygens (including phenoxy) is 2. The molecule has 36 heavy (non-hydrogen) atoms. The maximum Gasteiger partial charge on any atom is 0.478 e. The summed E-state index contributed by atoms with van der Waals surface area (Å²) >= 11 is 3.93. The third-order valence-corrected chi connectivity index (χ3v) is 8.47. The molecule has 11 atom stereocenters. The molecule has 5 unspecified atom stereocenters. The molecule has 0 radical (unpaired) electrons. The fraction of sp³-hybridized carbons (Fsp3) is 0.688. The summed E-state index contributed by atoms with van der Waals surface area (Å²) in [4.78, 5) is 34.4. The molecule has 2 saturated heterocycles. The standard InChI is InChI=1S/C16H26N2O15P2S/c1-6-17-9(20)2-3-18(6)15-12(23)10(21)8(30-15)5-29-34(25,26)33-35(27,28)32-16-13(24)11(22)14(36)7(4-19)31-16/h2-3,7-8,10-16,19,21-24,36H,1,4-5H2,(H,17,20)(H,25,26)(H,27,28)/p-1/t7?,8-,10?,11-,12+,13?,14+,15-,16+/m1/s1. The average molecular weight is 579 g/mol. The number of nitrogens with one attached hydrogen (secondary N) is 1. The number of thiol groups is 1. The van der Waals surface area contributed by atoms with E-state index in [0.29, 0.717) is 0 Å². The van der Waals surface area contributed by atoms with E-state index in [1.165, 1.54) is 11.1 Å². The van der Waals surface area contributed by atoms with Crippen LogP contribution in [0.15, 0.2) is 24.7 Å². The summed E-state index contributed by atoms with van der Waals surface area (Å²) < 4.78 is 47.7. The Labute approximate surface area is 209 Å². The summed E-state index contributed by atoms with van der Waals surface area (Å²) in [5.41, 5.74) is 0. The third kappa shape index (κ3) is 6.74. The van der Waals surface area contributed by atoms with Crippen LogP contribution >= 0.6 is 28.3 Å². The topological polar surface area (TPSA) is 257 Å². The Kier molecular flexibility index (Phi) is 9.42. The van der Waals surface area contributed by atoms with E-state index >= 15 is 0 Å². The van der Waals surface area contributed by atoms with E-state index in [0.717, 1.165) is 6.08 Å². The number of carbonyl (C=O) groups excluding carboxylic acids is 1. The zero-order valence-electron chi connectivity index (χ0n) is 18.1. The van der Waals surface area contributed by atoms with Crippen LogP contribution in [0.3, 0.4) is 0 Å². The van der Waals surface area contributed by atoms with Crippen LogP contribution in [0.25, 0.3) is 0 Å². The predicted octanol–water partition coefficient (Wildman–Crippen LogP) is -3.79. The molecule has 3 aliphatic heterocycles. The summed E-state index contributed by atoms with van der Waals surface area (Å²) in [6, 6.07) is 0. The predicted molar refractivity (Wildman–Crippen MR) is 115 cm³/mol. The van der Waals surface area contributed by atoms with Crippen molar-refractivity contribution >= 4 is 34.2 Å². The van der Waals surface area contributed by atoms with Gasteiger partial charge in [-0.3, -0.25) is 18.4 Å². The van der Waals surface area contributed by atoms with E-state index in [9.17, 15) is 49.2 Å². The first-order chi connectivity index (χ1) is 16.7. The van der Waals surface area contributed by atoms with E-state index < -0.39 is 89.2 Å². The van der Waals surface area contributed by atoms with Gasteiger partial charge in [0.1, 0.15) is 30.2 Å². The maximum atomic E-state index is 12.2. The molecule has 17 nitrogen and oxygen atoms in total. The lowest BCUT2D eigenvalue weighted by atomic mass is 10.0. The van der Waals surface area contributed by atoms with E-state index in [1.807, 2.05) is 0 Å². The van der Waals surface area contributed by atoms with Gasteiger partial charge in [-0.25, -0.2) is 8.88 Å². The van der Waals surface area contributed by atoms with Crippen LogP contribution in [-0.4, -0.2) is 109 Å². The molecule has 3 rings (SSSR count). The Bertz CT molecular complexity index is 968. The number of carbonyl (C=O) groups is 1. The van der Waals surface area contributed by atoms with Gasteiger partial charge in [0.05, 0.1) is 30.7 Å². The van der Waals surface area contributed by atoms with Crippen molar-refractivity contribution in [1.29, 1.82) is 0 Å². The van der Waals surface area contributed by atoms with Crippen LogP contribution < -0.4 is 10.2 Å². The Morgan fingerprint density at radius 3 is 2.42 bits per heavy atom. The van der Waals surface area contributed by atoms with Gasteiger partial charge in [-0.2, -0.15) is 12.6 Å². The Morgan fingerprint density at radius 2 is 1.81 bits per heavy atom. The second-order valence-electron chi connectivity index (χ2n) is 7.80. The summed E-state index contributed by atoms with van der Waals surface area (Å²) in [5.74, 6) is -0.490. The van der Waals surface area contributed by atoms with Gasteiger partial charge in [-0.05, 0) is 0 Å². The molecule has 0 saturated carbocycles. The average Bonchev–Trinajstić information content (AvgIpc) is 3.06. The van der Waals surface area contributed by atoms with Gasteiger partial charge in [0.2, 0.25) is 0 Å². The lowest BCUT2D eigenvalue weighted by molar-refractivity contribution is -0.279. The number of phosphoric acid groups is 2. The quantitative estimate of drug-likeness (QED) is 0.0962. The van der Waals surface area contributed by atoms with Gasteiger partial charge in [0, 0.05) is 12.3 Å². The molecule has 3 heterocycles. The summed E-state index contributed by atoms with van der Waals surface area (Å²) in [5, 5.41) is 50.7. The Morgan fingerprint density at radius 1 is 1.14 bits per heavy atom. The number of aliphatic hydroxyl groups is 5. The van der Waals surface area contributed by atoms with Crippen molar-refractivity contribution in [2.45, 2.75) is 54.4 Å². The van der Waals surface area contributed by atoms with Crippen molar-refractivity contribution < 1.29 is 72.1 Å². The molecule has 206 valence electrons. The number of aliphatic hydroxyl groups excluding tert-OH is 5. The molecule has 1 amide bonds. The highest BCUT2D eigenvalue weighted by molar-refractivity contribution is 7.81. The molecular formula is C16H25N2O15P2S-. The van der Waals surface area contributed by atoms with Crippen LogP contribution in [0.2, 0.25) is 0 Å². The molecule has 20 heteroatoms. The van der Waals surface area contributed by atoms with E-state index in [4.69, 9.17) is 9.47 Å². The van der Waals surface area contributed by atoms with Crippen molar-refractivity contribution in [3.8, 4) is 0 Å². The number of phosphoric ester groups is 2. The van der Waals surface area contributed by atoms with Gasteiger partial charge < -0.3 is 55.0 Å². The third-order valence-electron chi connectivity index (χ3n) is 5.26.